The summed E-state index contributed by atoms with van der Waals surface area (Å²) in [6.45, 7) is 0.216. The molecule has 0 aliphatic heterocycles. The first-order chi connectivity index (χ1) is 11.2. The van der Waals surface area contributed by atoms with Crippen LogP contribution in [0.15, 0.2) is 53.4 Å². The van der Waals surface area contributed by atoms with Crippen LogP contribution in [0.3, 0.4) is 0 Å². The summed E-state index contributed by atoms with van der Waals surface area (Å²) in [5.74, 6) is 0. The van der Waals surface area contributed by atoms with Crippen LogP contribution in [0, 0.1) is 0 Å². The maximum atomic E-state index is 11.9. The Morgan fingerprint density at radius 3 is 2.65 bits per heavy atom. The van der Waals surface area contributed by atoms with Gasteiger partial charge < -0.3 is 9.53 Å². The minimum absolute atomic E-state index is 0.216. The number of amides is 1. The third kappa shape index (κ3) is 5.79. The van der Waals surface area contributed by atoms with E-state index in [4.69, 9.17) is 4.74 Å². The van der Waals surface area contributed by atoms with E-state index in [0.717, 1.165) is 30.3 Å². The second-order valence-electron chi connectivity index (χ2n) is 5.10. The van der Waals surface area contributed by atoms with Gasteiger partial charge in [-0.25, -0.2) is 4.79 Å². The quantitative estimate of drug-likeness (QED) is 0.454. The average Bonchev–Trinajstić information content (AvgIpc) is 2.57. The highest BCUT2D eigenvalue weighted by atomic mass is 32.1. The van der Waals surface area contributed by atoms with Crippen LogP contribution in [-0.4, -0.2) is 12.4 Å². The largest absolute Gasteiger partial charge is 0.444 e. The van der Waals surface area contributed by atoms with E-state index < -0.39 is 6.09 Å². The van der Waals surface area contributed by atoms with Gasteiger partial charge in [-0.3, -0.25) is 5.32 Å². The number of nitrogens with one attached hydrogen (secondary N) is 1. The highest BCUT2D eigenvalue weighted by Gasteiger charge is 2.07. The van der Waals surface area contributed by atoms with Crippen molar-refractivity contribution in [1.82, 2.24) is 0 Å². The van der Waals surface area contributed by atoms with Crippen molar-refractivity contribution in [3.63, 3.8) is 0 Å². The number of aldehydes is 1. The molecule has 0 heterocycles. The predicted octanol–water partition coefficient (Wildman–Crippen LogP) is 4.25. The molecule has 0 atom stereocenters. The van der Waals surface area contributed by atoms with Gasteiger partial charge in [0.1, 0.15) is 12.9 Å². The van der Waals surface area contributed by atoms with Crippen LogP contribution in [0.4, 0.5) is 10.5 Å². The molecule has 2 aromatic carbocycles. The van der Waals surface area contributed by atoms with Gasteiger partial charge in [-0.1, -0.05) is 36.4 Å². The molecular formula is C18H19NO3S. The highest BCUT2D eigenvalue weighted by molar-refractivity contribution is 7.80. The summed E-state index contributed by atoms with van der Waals surface area (Å²) in [6, 6.07) is 15.1. The Labute approximate surface area is 141 Å². The summed E-state index contributed by atoms with van der Waals surface area (Å²) in [5.41, 5.74) is 2.58. The van der Waals surface area contributed by atoms with Crippen molar-refractivity contribution in [3.05, 3.63) is 59.7 Å². The van der Waals surface area contributed by atoms with E-state index in [0.29, 0.717) is 17.0 Å². The van der Waals surface area contributed by atoms with Crippen molar-refractivity contribution >= 4 is 30.7 Å². The molecule has 0 bridgehead atoms. The number of ether oxygens (including phenoxy) is 1. The van der Waals surface area contributed by atoms with Crippen molar-refractivity contribution in [1.29, 1.82) is 0 Å². The van der Waals surface area contributed by atoms with E-state index >= 15 is 0 Å². The number of carbonyl (C=O) groups excluding carboxylic acids is 2. The van der Waals surface area contributed by atoms with E-state index in [9.17, 15) is 9.59 Å². The monoisotopic (exact) mass is 329 g/mol. The molecule has 0 saturated heterocycles. The lowest BCUT2D eigenvalue weighted by atomic mass is 10.1. The van der Waals surface area contributed by atoms with Crippen molar-refractivity contribution in [2.24, 2.45) is 0 Å². The summed E-state index contributed by atoms with van der Waals surface area (Å²) in [4.78, 5) is 22.9. The van der Waals surface area contributed by atoms with Crippen LogP contribution >= 0.6 is 12.6 Å². The number of benzene rings is 2. The fourth-order valence-electron chi connectivity index (χ4n) is 2.10. The van der Waals surface area contributed by atoms with Crippen LogP contribution in [0.25, 0.3) is 0 Å². The summed E-state index contributed by atoms with van der Waals surface area (Å²) in [7, 11) is 0. The fraction of sp³-hybridized carbons (Fsp3) is 0.222. The number of carbonyl (C=O) groups is 2. The SMILES string of the molecule is O=CCCCc1ccc(S)c(NC(=O)OCc2ccccc2)c1. The molecular weight excluding hydrogens is 310 g/mol. The number of unbranched alkanes of at least 4 members (excludes halogenated alkanes) is 1. The Morgan fingerprint density at radius 2 is 1.91 bits per heavy atom. The second kappa shape index (κ2) is 9.00. The van der Waals surface area contributed by atoms with Gasteiger partial charge in [-0.05, 0) is 36.1 Å². The number of thiol groups is 1. The summed E-state index contributed by atoms with van der Waals surface area (Å²) >= 11 is 4.34. The predicted molar refractivity (Wildman–Crippen MR) is 92.9 cm³/mol. The molecule has 0 aliphatic rings. The highest BCUT2D eigenvalue weighted by Crippen LogP contribution is 2.22. The van der Waals surface area contributed by atoms with E-state index in [-0.39, 0.29) is 6.61 Å². The maximum absolute atomic E-state index is 11.9. The van der Waals surface area contributed by atoms with E-state index in [1.807, 2.05) is 48.5 Å². The van der Waals surface area contributed by atoms with Gasteiger partial charge >= 0.3 is 6.09 Å². The van der Waals surface area contributed by atoms with Gasteiger partial charge in [-0.15, -0.1) is 12.6 Å². The van der Waals surface area contributed by atoms with Gasteiger partial charge in [0.15, 0.2) is 0 Å². The molecule has 0 aliphatic carbocycles. The smallest absolute Gasteiger partial charge is 0.411 e. The molecule has 2 rings (SSSR count). The number of aryl methyl sites for hydroxylation is 1. The van der Waals surface area contributed by atoms with Crippen LogP contribution in [0.2, 0.25) is 0 Å². The lowest BCUT2D eigenvalue weighted by Crippen LogP contribution is -2.14. The molecule has 23 heavy (non-hydrogen) atoms. The molecule has 4 nitrogen and oxygen atoms in total. The first-order valence-corrected chi connectivity index (χ1v) is 7.87. The summed E-state index contributed by atoms with van der Waals surface area (Å²) in [5, 5.41) is 2.70. The molecule has 0 unspecified atom stereocenters. The van der Waals surface area contributed by atoms with Crippen LogP contribution in [0.1, 0.15) is 24.0 Å². The molecule has 1 amide bonds. The molecule has 5 heteroatoms. The molecule has 0 aromatic heterocycles. The number of rotatable bonds is 7. The lowest BCUT2D eigenvalue weighted by Gasteiger charge is -2.10. The van der Waals surface area contributed by atoms with Crippen LogP contribution in [0.5, 0.6) is 0 Å². The van der Waals surface area contributed by atoms with Gasteiger partial charge in [0, 0.05) is 11.3 Å². The van der Waals surface area contributed by atoms with E-state index in [1.54, 1.807) is 0 Å². The van der Waals surface area contributed by atoms with E-state index in [2.05, 4.69) is 17.9 Å². The summed E-state index contributed by atoms with van der Waals surface area (Å²) < 4.78 is 5.20. The fourth-order valence-corrected chi connectivity index (χ4v) is 2.29. The third-order valence-corrected chi connectivity index (χ3v) is 3.69. The van der Waals surface area contributed by atoms with Crippen molar-refractivity contribution in [2.75, 3.05) is 5.32 Å². The van der Waals surface area contributed by atoms with Gasteiger partial charge in [0.2, 0.25) is 0 Å². The topological polar surface area (TPSA) is 55.4 Å². The Morgan fingerprint density at radius 1 is 1.13 bits per heavy atom. The molecule has 0 fully saturated rings. The zero-order valence-electron chi connectivity index (χ0n) is 12.7. The van der Waals surface area contributed by atoms with Gasteiger partial charge in [0.25, 0.3) is 0 Å². The van der Waals surface area contributed by atoms with Gasteiger partial charge in [-0.2, -0.15) is 0 Å². The summed E-state index contributed by atoms with van der Waals surface area (Å²) in [6.07, 6.45) is 2.49. The second-order valence-corrected chi connectivity index (χ2v) is 5.58. The van der Waals surface area contributed by atoms with Crippen LogP contribution in [-0.2, 0) is 22.6 Å². The lowest BCUT2D eigenvalue weighted by molar-refractivity contribution is -0.107. The molecule has 0 radical (unpaired) electrons. The van der Waals surface area contributed by atoms with Crippen molar-refractivity contribution < 1.29 is 14.3 Å². The Kier molecular flexibility index (Phi) is 6.69. The molecule has 2 aromatic rings. The molecule has 0 saturated carbocycles. The van der Waals surface area contributed by atoms with Crippen LogP contribution < -0.4 is 5.32 Å². The zero-order chi connectivity index (χ0) is 16.5. The molecule has 0 spiro atoms. The first kappa shape index (κ1) is 17.1. The number of hydrogen-bond acceptors (Lipinski definition) is 4. The van der Waals surface area contributed by atoms with Crippen molar-refractivity contribution in [3.8, 4) is 0 Å². The van der Waals surface area contributed by atoms with Gasteiger partial charge in [0.05, 0.1) is 5.69 Å². The third-order valence-electron chi connectivity index (χ3n) is 3.30. The van der Waals surface area contributed by atoms with Crippen molar-refractivity contribution in [2.45, 2.75) is 30.8 Å². The maximum Gasteiger partial charge on any atom is 0.411 e. The molecule has 120 valence electrons. The zero-order valence-corrected chi connectivity index (χ0v) is 13.6. The standard InChI is InChI=1S/C18H19NO3S/c20-11-5-4-6-14-9-10-17(23)16(12-14)19-18(21)22-13-15-7-2-1-3-8-15/h1-3,7-12,23H,4-6,13H2,(H,19,21). The Balaban J connectivity index is 1.91. The Bertz CT molecular complexity index is 659. The minimum Gasteiger partial charge on any atom is -0.444 e. The molecule has 1 N–H and O–H groups in total. The number of hydrogen-bond donors (Lipinski definition) is 2. The average molecular weight is 329 g/mol. The van der Waals surface area contributed by atoms with E-state index in [1.165, 1.54) is 0 Å². The normalized spacial score (nSPS) is 10.1. The Hall–Kier alpha value is -2.27. The first-order valence-electron chi connectivity index (χ1n) is 7.42. The number of anilines is 1. The minimum atomic E-state index is -0.519.